The van der Waals surface area contributed by atoms with Crippen LogP contribution in [0.25, 0.3) is 0 Å². The Bertz CT molecular complexity index is 745. The highest BCUT2D eigenvalue weighted by Gasteiger charge is 2.42. The van der Waals surface area contributed by atoms with Gasteiger partial charge in [-0.1, -0.05) is 48.5 Å². The van der Waals surface area contributed by atoms with Crippen molar-refractivity contribution < 1.29 is 9.18 Å². The van der Waals surface area contributed by atoms with Crippen molar-refractivity contribution in [3.8, 4) is 0 Å². The minimum Gasteiger partial charge on any atom is -0.341 e. The van der Waals surface area contributed by atoms with Crippen LogP contribution < -0.4 is 5.73 Å². The number of nitrogens with two attached hydrogens (primary N) is 1. The van der Waals surface area contributed by atoms with Crippen molar-refractivity contribution >= 4 is 5.91 Å². The third kappa shape index (κ3) is 3.31. The highest BCUT2D eigenvalue weighted by molar-refractivity contribution is 5.87. The van der Waals surface area contributed by atoms with Crippen LogP contribution in [0.3, 0.4) is 0 Å². The predicted molar refractivity (Wildman–Crippen MR) is 97.7 cm³/mol. The van der Waals surface area contributed by atoms with Crippen LogP contribution in [-0.4, -0.2) is 30.4 Å². The number of nitrogens with zero attached hydrogens (tertiary/aromatic N) is 1. The third-order valence-corrected chi connectivity index (χ3v) is 5.34. The number of likely N-dealkylation sites (tertiary alicyclic amines) is 1. The molecular weight excluding hydrogens is 315 g/mol. The number of carbonyl (C=O) groups excluding carboxylic acids is 1. The highest BCUT2D eigenvalue weighted by Crippen LogP contribution is 2.36. The molecule has 4 heteroatoms. The zero-order valence-electron chi connectivity index (χ0n) is 14.8. The van der Waals surface area contributed by atoms with Crippen molar-refractivity contribution in [3.05, 3.63) is 71.5 Å². The van der Waals surface area contributed by atoms with Crippen LogP contribution >= 0.6 is 0 Å². The molecule has 0 aromatic heterocycles. The Hall–Kier alpha value is -2.20. The molecule has 0 bridgehead atoms. The van der Waals surface area contributed by atoms with Crippen molar-refractivity contribution in [2.45, 2.75) is 25.2 Å². The maximum absolute atomic E-state index is 14.2. The Morgan fingerprint density at radius 3 is 2.40 bits per heavy atom. The molecule has 1 fully saturated rings. The van der Waals surface area contributed by atoms with Crippen LogP contribution in [0, 0.1) is 11.7 Å². The Kier molecular flexibility index (Phi) is 4.91. The monoisotopic (exact) mass is 340 g/mol. The number of carbonyl (C=O) groups is 1. The first-order chi connectivity index (χ1) is 11.9. The molecule has 0 saturated carbocycles. The second kappa shape index (κ2) is 6.96. The summed E-state index contributed by atoms with van der Waals surface area (Å²) in [5.41, 5.74) is 6.71. The summed E-state index contributed by atoms with van der Waals surface area (Å²) in [6.45, 7) is 5.36. The standard InChI is InChI=1S/C21H25FN2O/c1-21(2,18-10-6-7-11-19(18)22)20(25)24-13-16(12-23)17(14-24)15-8-4-3-5-9-15/h3-11,16-17H,12-14,23H2,1-2H3/t16-,17+/m1/s1. The summed E-state index contributed by atoms with van der Waals surface area (Å²) < 4.78 is 14.2. The van der Waals surface area contributed by atoms with E-state index in [2.05, 4.69) is 12.1 Å². The lowest BCUT2D eigenvalue weighted by Crippen LogP contribution is -2.43. The van der Waals surface area contributed by atoms with Gasteiger partial charge in [0.2, 0.25) is 5.91 Å². The van der Waals surface area contributed by atoms with Crippen molar-refractivity contribution in [2.75, 3.05) is 19.6 Å². The number of benzene rings is 2. The average Bonchev–Trinajstić information content (AvgIpc) is 3.06. The van der Waals surface area contributed by atoms with Gasteiger partial charge in [0.15, 0.2) is 0 Å². The summed E-state index contributed by atoms with van der Waals surface area (Å²) in [5.74, 6) is 0.0684. The molecule has 132 valence electrons. The zero-order valence-corrected chi connectivity index (χ0v) is 14.8. The first kappa shape index (κ1) is 17.6. The summed E-state index contributed by atoms with van der Waals surface area (Å²) in [4.78, 5) is 15.0. The maximum atomic E-state index is 14.2. The Morgan fingerprint density at radius 1 is 1.12 bits per heavy atom. The number of hydrogen-bond acceptors (Lipinski definition) is 2. The fraction of sp³-hybridized carbons (Fsp3) is 0.381. The molecule has 2 N–H and O–H groups in total. The summed E-state index contributed by atoms with van der Waals surface area (Å²) in [6.07, 6.45) is 0. The minimum atomic E-state index is -0.907. The topological polar surface area (TPSA) is 46.3 Å². The molecule has 0 spiro atoms. The lowest BCUT2D eigenvalue weighted by molar-refractivity contribution is -0.135. The van der Waals surface area contributed by atoms with E-state index in [0.29, 0.717) is 25.2 Å². The molecule has 2 atom stereocenters. The van der Waals surface area contributed by atoms with Crippen LogP contribution in [0.2, 0.25) is 0 Å². The predicted octanol–water partition coefficient (Wildman–Crippen LogP) is 3.30. The fourth-order valence-corrected chi connectivity index (χ4v) is 3.83. The van der Waals surface area contributed by atoms with E-state index in [1.165, 1.54) is 11.6 Å². The van der Waals surface area contributed by atoms with Crippen molar-refractivity contribution in [2.24, 2.45) is 11.7 Å². The Morgan fingerprint density at radius 2 is 1.76 bits per heavy atom. The van der Waals surface area contributed by atoms with Gasteiger partial charge in [0, 0.05) is 24.6 Å². The van der Waals surface area contributed by atoms with E-state index in [4.69, 9.17) is 5.73 Å². The minimum absolute atomic E-state index is 0.0468. The van der Waals surface area contributed by atoms with Crippen LogP contribution in [0.1, 0.15) is 30.9 Å². The van der Waals surface area contributed by atoms with Crippen LogP contribution in [0.4, 0.5) is 4.39 Å². The van der Waals surface area contributed by atoms with E-state index in [1.54, 1.807) is 32.0 Å². The molecule has 1 aliphatic heterocycles. The fourth-order valence-electron chi connectivity index (χ4n) is 3.83. The van der Waals surface area contributed by atoms with Gasteiger partial charge in [-0.25, -0.2) is 4.39 Å². The molecule has 0 radical (unpaired) electrons. The summed E-state index contributed by atoms with van der Waals surface area (Å²) in [5, 5.41) is 0. The van der Waals surface area contributed by atoms with Gasteiger partial charge >= 0.3 is 0 Å². The SMILES string of the molecule is CC(C)(C(=O)N1C[C@@H](CN)[C@H](c2ccccc2)C1)c1ccccc1F. The van der Waals surface area contributed by atoms with Crippen molar-refractivity contribution in [1.82, 2.24) is 4.90 Å². The molecule has 3 rings (SSSR count). The number of hydrogen-bond donors (Lipinski definition) is 1. The summed E-state index contributed by atoms with van der Waals surface area (Å²) in [6, 6.07) is 16.7. The molecule has 25 heavy (non-hydrogen) atoms. The molecule has 1 amide bonds. The van der Waals surface area contributed by atoms with E-state index < -0.39 is 5.41 Å². The van der Waals surface area contributed by atoms with Gasteiger partial charge < -0.3 is 10.6 Å². The molecule has 1 saturated heterocycles. The Balaban J connectivity index is 1.85. The molecule has 0 unspecified atom stereocenters. The van der Waals surface area contributed by atoms with E-state index >= 15 is 0 Å². The van der Waals surface area contributed by atoms with Crippen molar-refractivity contribution in [3.63, 3.8) is 0 Å². The van der Waals surface area contributed by atoms with Gasteiger partial charge in [-0.15, -0.1) is 0 Å². The number of rotatable bonds is 4. The first-order valence-electron chi connectivity index (χ1n) is 8.74. The van der Waals surface area contributed by atoms with E-state index in [-0.39, 0.29) is 23.6 Å². The van der Waals surface area contributed by atoms with Crippen LogP contribution in [0.15, 0.2) is 54.6 Å². The Labute approximate surface area is 148 Å². The van der Waals surface area contributed by atoms with Gasteiger partial charge in [0.05, 0.1) is 5.41 Å². The van der Waals surface area contributed by atoms with Crippen LogP contribution in [-0.2, 0) is 10.2 Å². The first-order valence-corrected chi connectivity index (χ1v) is 8.74. The second-order valence-electron chi connectivity index (χ2n) is 7.33. The van der Waals surface area contributed by atoms with Gasteiger partial charge in [-0.05, 0) is 37.9 Å². The molecule has 1 aliphatic rings. The lowest BCUT2D eigenvalue weighted by Gasteiger charge is -2.30. The van der Waals surface area contributed by atoms with Crippen molar-refractivity contribution in [1.29, 1.82) is 0 Å². The number of halogens is 1. The lowest BCUT2D eigenvalue weighted by atomic mass is 9.83. The molecular formula is C21H25FN2O. The van der Waals surface area contributed by atoms with E-state index in [1.807, 2.05) is 23.1 Å². The van der Waals surface area contributed by atoms with Gasteiger partial charge in [-0.3, -0.25) is 4.79 Å². The van der Waals surface area contributed by atoms with Crippen LogP contribution in [0.5, 0.6) is 0 Å². The quantitative estimate of drug-likeness (QED) is 0.928. The normalized spacial score (nSPS) is 20.7. The van der Waals surface area contributed by atoms with E-state index in [0.717, 1.165) is 0 Å². The van der Waals surface area contributed by atoms with E-state index in [9.17, 15) is 9.18 Å². The molecule has 3 nitrogen and oxygen atoms in total. The number of amides is 1. The summed E-state index contributed by atoms with van der Waals surface area (Å²) in [7, 11) is 0. The molecule has 1 heterocycles. The van der Waals surface area contributed by atoms with Gasteiger partial charge in [0.1, 0.15) is 5.82 Å². The largest absolute Gasteiger partial charge is 0.341 e. The third-order valence-electron chi connectivity index (χ3n) is 5.34. The maximum Gasteiger partial charge on any atom is 0.232 e. The highest BCUT2D eigenvalue weighted by atomic mass is 19.1. The average molecular weight is 340 g/mol. The van der Waals surface area contributed by atoms with Gasteiger partial charge in [-0.2, -0.15) is 0 Å². The zero-order chi connectivity index (χ0) is 18.0. The molecule has 2 aromatic carbocycles. The molecule has 0 aliphatic carbocycles. The summed E-state index contributed by atoms with van der Waals surface area (Å²) >= 11 is 0. The smallest absolute Gasteiger partial charge is 0.232 e. The second-order valence-corrected chi connectivity index (χ2v) is 7.33. The van der Waals surface area contributed by atoms with Gasteiger partial charge in [0.25, 0.3) is 0 Å². The molecule has 2 aromatic rings.